The lowest BCUT2D eigenvalue weighted by atomic mass is 10.1. The van der Waals surface area contributed by atoms with Gasteiger partial charge in [-0.1, -0.05) is 36.4 Å². The van der Waals surface area contributed by atoms with Crippen molar-refractivity contribution in [3.63, 3.8) is 0 Å². The summed E-state index contributed by atoms with van der Waals surface area (Å²) in [5.74, 6) is 1.68. The lowest BCUT2D eigenvalue weighted by Gasteiger charge is -2.33. The molecular formula is C30H28N6O3. The second kappa shape index (κ2) is 9.27. The highest BCUT2D eigenvalue weighted by Crippen LogP contribution is 2.36. The predicted octanol–water partition coefficient (Wildman–Crippen LogP) is 4.86. The number of nitrogens with zero attached hydrogens (tertiary/aromatic N) is 5. The first-order chi connectivity index (χ1) is 19.0. The van der Waals surface area contributed by atoms with Gasteiger partial charge in [0.2, 0.25) is 11.9 Å². The first kappa shape index (κ1) is 23.5. The van der Waals surface area contributed by atoms with Gasteiger partial charge in [-0.3, -0.25) is 9.36 Å². The van der Waals surface area contributed by atoms with Crippen molar-refractivity contribution in [3.05, 3.63) is 66.9 Å². The molecule has 2 aliphatic rings. The minimum Gasteiger partial charge on any atom is -0.504 e. The van der Waals surface area contributed by atoms with Crippen LogP contribution in [0.25, 0.3) is 39.0 Å². The first-order valence-electron chi connectivity index (χ1n) is 13.4. The molecule has 3 heterocycles. The Balaban J connectivity index is 1.27. The van der Waals surface area contributed by atoms with Crippen molar-refractivity contribution in [3.8, 4) is 28.7 Å². The fraction of sp³-hybridized carbons (Fsp3) is 0.267. The third-order valence-electron chi connectivity index (χ3n) is 7.62. The number of phenolic OH excluding ortho intramolecular Hbond substituents is 2. The third kappa shape index (κ3) is 4.39. The molecule has 1 amide bonds. The molecule has 0 spiro atoms. The Labute approximate surface area is 224 Å². The van der Waals surface area contributed by atoms with E-state index in [0.717, 1.165) is 48.6 Å². The number of imidazole rings is 1. The zero-order valence-corrected chi connectivity index (χ0v) is 21.3. The molecule has 3 N–H and O–H groups in total. The molecule has 196 valence electrons. The van der Waals surface area contributed by atoms with Gasteiger partial charge in [0.25, 0.3) is 0 Å². The number of carbonyl (C=O) groups excluding carboxylic acids is 1. The quantitative estimate of drug-likeness (QED) is 0.283. The number of likely N-dealkylation sites (tertiary alicyclic amines) is 1. The van der Waals surface area contributed by atoms with Crippen molar-refractivity contribution in [2.75, 3.05) is 18.4 Å². The Morgan fingerprint density at radius 1 is 0.923 bits per heavy atom. The zero-order chi connectivity index (χ0) is 26.5. The summed E-state index contributed by atoms with van der Waals surface area (Å²) in [6.07, 6.45) is 5.58. The van der Waals surface area contributed by atoms with E-state index in [-0.39, 0.29) is 29.4 Å². The van der Waals surface area contributed by atoms with Crippen molar-refractivity contribution in [1.29, 1.82) is 0 Å². The Morgan fingerprint density at radius 2 is 1.74 bits per heavy atom. The fourth-order valence-corrected chi connectivity index (χ4v) is 5.47. The minimum atomic E-state index is -0.233. The van der Waals surface area contributed by atoms with E-state index in [2.05, 4.69) is 28.5 Å². The van der Waals surface area contributed by atoms with Gasteiger partial charge in [0, 0.05) is 48.9 Å². The Hall–Kier alpha value is -4.66. The zero-order valence-electron chi connectivity index (χ0n) is 21.3. The van der Waals surface area contributed by atoms with E-state index in [1.165, 1.54) is 12.1 Å². The highest BCUT2D eigenvalue weighted by molar-refractivity contribution is 5.90. The number of hydrogen-bond acceptors (Lipinski definition) is 7. The molecule has 2 fully saturated rings. The number of fused-ring (bicyclic) bond motifs is 2. The molecule has 1 aliphatic heterocycles. The maximum atomic E-state index is 12.6. The number of hydrogen-bond donors (Lipinski definition) is 3. The molecule has 7 rings (SSSR count). The van der Waals surface area contributed by atoms with Crippen LogP contribution in [0.5, 0.6) is 11.5 Å². The normalized spacial score (nSPS) is 17.5. The number of aromatic nitrogens is 4. The van der Waals surface area contributed by atoms with Gasteiger partial charge in [-0.2, -0.15) is 4.98 Å². The molecule has 0 unspecified atom stereocenters. The van der Waals surface area contributed by atoms with Gasteiger partial charge in [0.15, 0.2) is 11.5 Å². The highest BCUT2D eigenvalue weighted by atomic mass is 16.3. The summed E-state index contributed by atoms with van der Waals surface area (Å²) in [5.41, 5.74) is 2.01. The number of phenols is 2. The van der Waals surface area contributed by atoms with Gasteiger partial charge in [-0.25, -0.2) is 9.97 Å². The van der Waals surface area contributed by atoms with Crippen LogP contribution in [-0.4, -0.2) is 59.7 Å². The summed E-state index contributed by atoms with van der Waals surface area (Å²) >= 11 is 0. The molecule has 1 atom stereocenters. The number of aromatic hydroxyl groups is 2. The van der Waals surface area contributed by atoms with Crippen molar-refractivity contribution in [1.82, 2.24) is 24.4 Å². The van der Waals surface area contributed by atoms with Crippen LogP contribution < -0.4 is 5.32 Å². The van der Waals surface area contributed by atoms with Gasteiger partial charge >= 0.3 is 0 Å². The molecule has 9 heteroatoms. The molecule has 0 radical (unpaired) electrons. The van der Waals surface area contributed by atoms with E-state index in [1.54, 1.807) is 12.3 Å². The Bertz CT molecular complexity index is 1730. The summed E-state index contributed by atoms with van der Waals surface area (Å²) in [7, 11) is 0. The largest absolute Gasteiger partial charge is 0.504 e. The number of anilines is 1. The summed E-state index contributed by atoms with van der Waals surface area (Å²) in [4.78, 5) is 28.7. The van der Waals surface area contributed by atoms with Gasteiger partial charge in [0.1, 0.15) is 11.6 Å². The molecular weight excluding hydrogens is 492 g/mol. The van der Waals surface area contributed by atoms with E-state index in [0.29, 0.717) is 35.2 Å². The van der Waals surface area contributed by atoms with Crippen molar-refractivity contribution < 1.29 is 15.0 Å². The lowest BCUT2D eigenvalue weighted by Crippen LogP contribution is -2.45. The van der Waals surface area contributed by atoms with Crippen molar-refractivity contribution >= 4 is 33.7 Å². The second-order valence-corrected chi connectivity index (χ2v) is 10.4. The van der Waals surface area contributed by atoms with Crippen LogP contribution in [0.4, 0.5) is 5.95 Å². The number of amides is 1. The SMILES string of the molecule is O=C(C1CC1)N1CCC[C@@H](Nc2nccc(-n3c(-c4ccc5ccccc5c4)nc4cc(O)c(O)cc43)n2)C1. The van der Waals surface area contributed by atoms with E-state index < -0.39 is 0 Å². The van der Waals surface area contributed by atoms with Crippen LogP contribution in [0.1, 0.15) is 25.7 Å². The van der Waals surface area contributed by atoms with Crippen LogP contribution in [0, 0.1) is 5.92 Å². The molecule has 1 aliphatic carbocycles. The molecule has 0 bridgehead atoms. The molecule has 1 saturated carbocycles. The van der Waals surface area contributed by atoms with Crippen molar-refractivity contribution in [2.45, 2.75) is 31.7 Å². The smallest absolute Gasteiger partial charge is 0.225 e. The van der Waals surface area contributed by atoms with Gasteiger partial charge in [-0.05, 0) is 48.6 Å². The van der Waals surface area contributed by atoms with E-state index >= 15 is 0 Å². The number of carbonyl (C=O) groups is 1. The van der Waals surface area contributed by atoms with Crippen LogP contribution in [-0.2, 0) is 4.79 Å². The van der Waals surface area contributed by atoms with Crippen molar-refractivity contribution in [2.24, 2.45) is 5.92 Å². The Morgan fingerprint density at radius 3 is 2.59 bits per heavy atom. The van der Waals surface area contributed by atoms with Gasteiger partial charge in [-0.15, -0.1) is 0 Å². The maximum Gasteiger partial charge on any atom is 0.225 e. The predicted molar refractivity (Wildman–Crippen MR) is 149 cm³/mol. The van der Waals surface area contributed by atoms with Gasteiger partial charge < -0.3 is 20.4 Å². The third-order valence-corrected chi connectivity index (χ3v) is 7.62. The molecule has 5 aromatic rings. The average molecular weight is 521 g/mol. The van der Waals surface area contributed by atoms with Crippen LogP contribution in [0.2, 0.25) is 0 Å². The van der Waals surface area contributed by atoms with Crippen LogP contribution in [0.3, 0.4) is 0 Å². The summed E-state index contributed by atoms with van der Waals surface area (Å²) in [6, 6.07) is 19.1. The second-order valence-electron chi connectivity index (χ2n) is 10.4. The summed E-state index contributed by atoms with van der Waals surface area (Å²) < 4.78 is 1.87. The molecule has 39 heavy (non-hydrogen) atoms. The molecule has 3 aromatic carbocycles. The molecule has 2 aromatic heterocycles. The Kier molecular flexibility index (Phi) is 5.57. The van der Waals surface area contributed by atoms with E-state index in [9.17, 15) is 15.0 Å². The highest BCUT2D eigenvalue weighted by Gasteiger charge is 2.35. The molecule has 9 nitrogen and oxygen atoms in total. The van der Waals surface area contributed by atoms with E-state index in [1.807, 2.05) is 33.7 Å². The lowest BCUT2D eigenvalue weighted by molar-refractivity contribution is -0.133. The number of piperidine rings is 1. The summed E-state index contributed by atoms with van der Waals surface area (Å²) in [6.45, 7) is 1.45. The monoisotopic (exact) mass is 520 g/mol. The van der Waals surface area contributed by atoms with Crippen LogP contribution in [0.15, 0.2) is 66.9 Å². The topological polar surface area (TPSA) is 116 Å². The number of rotatable bonds is 5. The number of nitrogens with one attached hydrogen (secondary N) is 1. The fourth-order valence-electron chi connectivity index (χ4n) is 5.47. The van der Waals surface area contributed by atoms with Gasteiger partial charge in [0.05, 0.1) is 11.0 Å². The summed E-state index contributed by atoms with van der Waals surface area (Å²) in [5, 5.41) is 26.1. The number of benzene rings is 3. The minimum absolute atomic E-state index is 0.0668. The first-order valence-corrected chi connectivity index (χ1v) is 13.4. The van der Waals surface area contributed by atoms with E-state index in [4.69, 9.17) is 9.97 Å². The standard InChI is InChI=1S/C30H28N6O3/c37-25-15-23-24(16-26(25)38)36(28(33-23)21-10-7-18-4-1-2-5-20(18)14-21)27-11-12-31-30(34-27)32-22-6-3-13-35(17-22)29(39)19-8-9-19/h1-2,4-5,7,10-12,14-16,19,22,37-38H,3,6,8-9,13,17H2,(H,31,32,34)/t22-/m1/s1. The average Bonchev–Trinajstić information content (AvgIpc) is 3.74. The molecule has 1 saturated heterocycles. The van der Waals surface area contributed by atoms with Crippen LogP contribution >= 0.6 is 0 Å². The maximum absolute atomic E-state index is 12.6.